The molecule has 1 aromatic carbocycles. The SMILES string of the molecule is CC(C)C(=O)Nc1nc(CC(=O)Nc2ccc(OC(F)F)c(F)c2)cs1. The molecular weight excluding hydrogens is 371 g/mol. The maximum absolute atomic E-state index is 13.6. The van der Waals surface area contributed by atoms with E-state index in [0.29, 0.717) is 10.8 Å². The normalized spacial score (nSPS) is 10.9. The van der Waals surface area contributed by atoms with Crippen LogP contribution in [0.4, 0.5) is 24.0 Å². The van der Waals surface area contributed by atoms with Crippen molar-refractivity contribution in [3.8, 4) is 5.75 Å². The van der Waals surface area contributed by atoms with Crippen LogP contribution in [-0.4, -0.2) is 23.4 Å². The van der Waals surface area contributed by atoms with Crippen LogP contribution in [0.3, 0.4) is 0 Å². The number of aromatic nitrogens is 1. The molecule has 10 heteroatoms. The van der Waals surface area contributed by atoms with Gasteiger partial charge in [0.2, 0.25) is 11.8 Å². The van der Waals surface area contributed by atoms with Crippen LogP contribution in [0.25, 0.3) is 0 Å². The van der Waals surface area contributed by atoms with Crippen molar-refractivity contribution >= 4 is 34.0 Å². The molecule has 0 radical (unpaired) electrons. The first-order chi connectivity index (χ1) is 12.2. The second-order valence-corrected chi connectivity index (χ2v) is 6.39. The molecule has 2 N–H and O–H groups in total. The van der Waals surface area contributed by atoms with Gasteiger partial charge in [-0.3, -0.25) is 9.59 Å². The third-order valence-corrected chi connectivity index (χ3v) is 3.89. The molecular formula is C16H16F3N3O3S. The first kappa shape index (κ1) is 19.7. The van der Waals surface area contributed by atoms with E-state index >= 15 is 0 Å². The fraction of sp³-hybridized carbons (Fsp3) is 0.312. The van der Waals surface area contributed by atoms with Crippen molar-refractivity contribution in [3.05, 3.63) is 35.1 Å². The van der Waals surface area contributed by atoms with Crippen LogP contribution >= 0.6 is 11.3 Å². The van der Waals surface area contributed by atoms with Crippen LogP contribution in [0.2, 0.25) is 0 Å². The van der Waals surface area contributed by atoms with Gasteiger partial charge in [0.15, 0.2) is 16.7 Å². The molecule has 140 valence electrons. The van der Waals surface area contributed by atoms with E-state index in [-0.39, 0.29) is 23.9 Å². The minimum absolute atomic E-state index is 0.0923. The highest BCUT2D eigenvalue weighted by molar-refractivity contribution is 7.13. The number of hydrogen-bond donors (Lipinski definition) is 2. The third-order valence-electron chi connectivity index (χ3n) is 3.08. The average molecular weight is 387 g/mol. The third kappa shape index (κ3) is 5.73. The Hall–Kier alpha value is -2.62. The molecule has 0 saturated carbocycles. The Morgan fingerprint density at radius 1 is 1.27 bits per heavy atom. The van der Waals surface area contributed by atoms with E-state index < -0.39 is 24.1 Å². The van der Waals surface area contributed by atoms with E-state index in [1.54, 1.807) is 19.2 Å². The number of alkyl halides is 2. The van der Waals surface area contributed by atoms with Gasteiger partial charge < -0.3 is 15.4 Å². The maximum atomic E-state index is 13.6. The van der Waals surface area contributed by atoms with Gasteiger partial charge in [-0.1, -0.05) is 13.8 Å². The number of carbonyl (C=O) groups excluding carboxylic acids is 2. The van der Waals surface area contributed by atoms with E-state index in [1.165, 1.54) is 17.4 Å². The number of anilines is 2. The summed E-state index contributed by atoms with van der Waals surface area (Å²) in [6.07, 6.45) is -0.0923. The number of ether oxygens (including phenoxy) is 1. The Morgan fingerprint density at radius 3 is 2.62 bits per heavy atom. The average Bonchev–Trinajstić information content (AvgIpc) is 2.96. The highest BCUT2D eigenvalue weighted by atomic mass is 32.1. The first-order valence-corrected chi connectivity index (χ1v) is 8.42. The molecule has 2 amide bonds. The summed E-state index contributed by atoms with van der Waals surface area (Å²) in [5.41, 5.74) is 0.530. The number of thiazole rings is 1. The van der Waals surface area contributed by atoms with Gasteiger partial charge >= 0.3 is 6.61 Å². The molecule has 2 aromatic rings. The van der Waals surface area contributed by atoms with Crippen molar-refractivity contribution in [2.45, 2.75) is 26.9 Å². The molecule has 0 atom stereocenters. The number of halogens is 3. The number of rotatable bonds is 7. The monoisotopic (exact) mass is 387 g/mol. The van der Waals surface area contributed by atoms with Gasteiger partial charge in [0, 0.05) is 23.1 Å². The molecule has 0 aliphatic carbocycles. The summed E-state index contributed by atoms with van der Waals surface area (Å²) >= 11 is 1.18. The van der Waals surface area contributed by atoms with Crippen LogP contribution in [-0.2, 0) is 16.0 Å². The first-order valence-electron chi connectivity index (χ1n) is 7.54. The summed E-state index contributed by atoms with van der Waals surface area (Å²) in [5, 5.41) is 7.06. The summed E-state index contributed by atoms with van der Waals surface area (Å²) in [5.74, 6) is -2.48. The summed E-state index contributed by atoms with van der Waals surface area (Å²) in [6, 6.07) is 3.12. The number of amides is 2. The highest BCUT2D eigenvalue weighted by Crippen LogP contribution is 2.23. The lowest BCUT2D eigenvalue weighted by Crippen LogP contribution is -2.18. The summed E-state index contributed by atoms with van der Waals surface area (Å²) in [4.78, 5) is 27.7. The zero-order valence-electron chi connectivity index (χ0n) is 13.9. The Balaban J connectivity index is 1.94. The van der Waals surface area contributed by atoms with E-state index in [0.717, 1.165) is 12.1 Å². The van der Waals surface area contributed by atoms with Gasteiger partial charge in [-0.15, -0.1) is 11.3 Å². The summed E-state index contributed by atoms with van der Waals surface area (Å²) in [6.45, 7) is 0.349. The van der Waals surface area contributed by atoms with E-state index in [1.807, 2.05) is 0 Å². The lowest BCUT2D eigenvalue weighted by atomic mass is 10.2. The van der Waals surface area contributed by atoms with Gasteiger partial charge in [-0.25, -0.2) is 9.37 Å². The zero-order chi connectivity index (χ0) is 19.3. The van der Waals surface area contributed by atoms with Crippen molar-refractivity contribution in [3.63, 3.8) is 0 Å². The van der Waals surface area contributed by atoms with Crippen molar-refractivity contribution in [1.82, 2.24) is 4.98 Å². The smallest absolute Gasteiger partial charge is 0.387 e. The number of nitrogens with one attached hydrogen (secondary N) is 2. The molecule has 0 bridgehead atoms. The van der Waals surface area contributed by atoms with Crippen molar-refractivity contribution < 1.29 is 27.5 Å². The number of benzene rings is 1. The Labute approximate surface area is 151 Å². The fourth-order valence-corrected chi connectivity index (χ4v) is 2.55. The topological polar surface area (TPSA) is 80.3 Å². The van der Waals surface area contributed by atoms with Gasteiger partial charge in [-0.2, -0.15) is 8.78 Å². The van der Waals surface area contributed by atoms with Crippen LogP contribution in [0.15, 0.2) is 23.6 Å². The minimum Gasteiger partial charge on any atom is -0.432 e. The molecule has 0 fully saturated rings. The minimum atomic E-state index is -3.14. The van der Waals surface area contributed by atoms with Gasteiger partial charge in [-0.05, 0) is 12.1 Å². The number of hydrogen-bond acceptors (Lipinski definition) is 5. The molecule has 26 heavy (non-hydrogen) atoms. The van der Waals surface area contributed by atoms with E-state index in [2.05, 4.69) is 20.4 Å². The molecule has 6 nitrogen and oxygen atoms in total. The van der Waals surface area contributed by atoms with Crippen LogP contribution < -0.4 is 15.4 Å². The lowest BCUT2D eigenvalue weighted by molar-refractivity contribution is -0.119. The maximum Gasteiger partial charge on any atom is 0.387 e. The Morgan fingerprint density at radius 2 is 2.00 bits per heavy atom. The molecule has 0 aliphatic rings. The second-order valence-electron chi connectivity index (χ2n) is 5.54. The molecule has 0 saturated heterocycles. The number of carbonyl (C=O) groups is 2. The molecule has 1 aromatic heterocycles. The number of nitrogens with zero attached hydrogens (tertiary/aromatic N) is 1. The second kappa shape index (κ2) is 8.65. The highest BCUT2D eigenvalue weighted by Gasteiger charge is 2.14. The van der Waals surface area contributed by atoms with E-state index in [9.17, 15) is 22.8 Å². The lowest BCUT2D eigenvalue weighted by Gasteiger charge is -2.08. The summed E-state index contributed by atoms with van der Waals surface area (Å²) in [7, 11) is 0. The van der Waals surface area contributed by atoms with Crippen molar-refractivity contribution in [1.29, 1.82) is 0 Å². The molecule has 0 spiro atoms. The molecule has 0 aliphatic heterocycles. The molecule has 1 heterocycles. The molecule has 2 rings (SSSR count). The van der Waals surface area contributed by atoms with Crippen LogP contribution in [0.1, 0.15) is 19.5 Å². The van der Waals surface area contributed by atoms with Gasteiger partial charge in [0.1, 0.15) is 0 Å². The molecule has 0 unspecified atom stereocenters. The van der Waals surface area contributed by atoms with Crippen molar-refractivity contribution in [2.75, 3.05) is 10.6 Å². The van der Waals surface area contributed by atoms with Crippen LogP contribution in [0, 0.1) is 11.7 Å². The fourth-order valence-electron chi connectivity index (χ4n) is 1.84. The predicted molar refractivity (Wildman–Crippen MR) is 90.9 cm³/mol. The van der Waals surface area contributed by atoms with Gasteiger partial charge in [0.25, 0.3) is 0 Å². The summed E-state index contributed by atoms with van der Waals surface area (Å²) < 4.78 is 41.8. The van der Waals surface area contributed by atoms with Crippen LogP contribution in [0.5, 0.6) is 5.75 Å². The Bertz CT molecular complexity index is 796. The predicted octanol–water partition coefficient (Wildman–Crippen LogP) is 3.66. The Kier molecular flexibility index (Phi) is 6.56. The van der Waals surface area contributed by atoms with E-state index in [4.69, 9.17) is 0 Å². The van der Waals surface area contributed by atoms with Crippen molar-refractivity contribution in [2.24, 2.45) is 5.92 Å². The largest absolute Gasteiger partial charge is 0.432 e. The quantitative estimate of drug-likeness (QED) is 0.760. The standard InChI is InChI=1S/C16H16F3N3O3S/c1-8(2)14(24)22-16-21-10(7-26-16)6-13(23)20-9-3-4-12(11(17)5-9)25-15(18)19/h3-5,7-8,15H,6H2,1-2H3,(H,20,23)(H,21,22,24). The zero-order valence-corrected chi connectivity index (χ0v) is 14.7. The van der Waals surface area contributed by atoms with Gasteiger partial charge in [0.05, 0.1) is 12.1 Å².